The SMILES string of the molecule is CC(CNC(=O)CCCN(c1cccc(Cl)c1Cl)S(C)(=O)=O)c1ccccc1. The average Bonchev–Trinajstić information content (AvgIpc) is 2.65. The van der Waals surface area contributed by atoms with Crippen LogP contribution in [0.4, 0.5) is 5.69 Å². The van der Waals surface area contributed by atoms with Crippen LogP contribution in [0.25, 0.3) is 0 Å². The first-order valence-corrected chi connectivity index (χ1v) is 11.5. The Balaban J connectivity index is 1.90. The van der Waals surface area contributed by atoms with Gasteiger partial charge in [-0.15, -0.1) is 0 Å². The first-order chi connectivity index (χ1) is 13.2. The van der Waals surface area contributed by atoms with Crippen LogP contribution in [0.3, 0.4) is 0 Å². The van der Waals surface area contributed by atoms with E-state index in [0.29, 0.717) is 18.7 Å². The summed E-state index contributed by atoms with van der Waals surface area (Å²) < 4.78 is 25.5. The second kappa shape index (κ2) is 10.1. The van der Waals surface area contributed by atoms with E-state index in [2.05, 4.69) is 5.32 Å². The van der Waals surface area contributed by atoms with Gasteiger partial charge in [0, 0.05) is 19.5 Å². The fraction of sp³-hybridized carbons (Fsp3) is 0.350. The average molecular weight is 443 g/mol. The van der Waals surface area contributed by atoms with Crippen molar-refractivity contribution in [2.75, 3.05) is 23.7 Å². The second-order valence-electron chi connectivity index (χ2n) is 6.63. The van der Waals surface area contributed by atoms with Gasteiger partial charge in [0.05, 0.1) is 22.0 Å². The number of halogens is 2. The van der Waals surface area contributed by atoms with Crippen molar-refractivity contribution in [1.82, 2.24) is 5.32 Å². The van der Waals surface area contributed by atoms with Crippen LogP contribution in [0.5, 0.6) is 0 Å². The van der Waals surface area contributed by atoms with Crippen LogP contribution >= 0.6 is 23.2 Å². The van der Waals surface area contributed by atoms with Gasteiger partial charge in [-0.05, 0) is 30.0 Å². The van der Waals surface area contributed by atoms with Gasteiger partial charge in [0.25, 0.3) is 0 Å². The van der Waals surface area contributed by atoms with Crippen molar-refractivity contribution in [3.63, 3.8) is 0 Å². The minimum absolute atomic E-state index is 0.117. The Kier molecular flexibility index (Phi) is 8.16. The Morgan fingerprint density at radius 1 is 1.11 bits per heavy atom. The molecule has 8 heteroatoms. The third-order valence-corrected chi connectivity index (χ3v) is 6.33. The largest absolute Gasteiger partial charge is 0.356 e. The maximum Gasteiger partial charge on any atom is 0.232 e. The topological polar surface area (TPSA) is 66.5 Å². The lowest BCUT2D eigenvalue weighted by Gasteiger charge is -2.23. The van der Waals surface area contributed by atoms with Gasteiger partial charge in [-0.25, -0.2) is 8.42 Å². The number of carbonyl (C=O) groups excluding carboxylic acids is 1. The summed E-state index contributed by atoms with van der Waals surface area (Å²) >= 11 is 12.2. The standard InChI is InChI=1S/C20H24Cl2N2O3S/c1-15(16-8-4-3-5-9-16)14-23-19(25)12-7-13-24(28(2,26)27)18-11-6-10-17(21)20(18)22/h3-6,8-11,15H,7,12-14H2,1-2H3,(H,23,25). The van der Waals surface area contributed by atoms with Gasteiger partial charge in [0.15, 0.2) is 0 Å². The van der Waals surface area contributed by atoms with Crippen molar-refractivity contribution in [3.05, 3.63) is 64.1 Å². The van der Waals surface area contributed by atoms with Crippen LogP contribution in [-0.2, 0) is 14.8 Å². The Morgan fingerprint density at radius 3 is 2.43 bits per heavy atom. The number of nitrogens with zero attached hydrogens (tertiary/aromatic N) is 1. The first kappa shape index (κ1) is 22.5. The van der Waals surface area contributed by atoms with Crippen LogP contribution in [-0.4, -0.2) is 33.7 Å². The summed E-state index contributed by atoms with van der Waals surface area (Å²) in [6.45, 7) is 2.71. The molecule has 0 aliphatic rings. The number of carbonyl (C=O) groups is 1. The summed E-state index contributed by atoms with van der Waals surface area (Å²) in [5.41, 5.74) is 1.47. The molecule has 28 heavy (non-hydrogen) atoms. The fourth-order valence-corrected chi connectivity index (χ4v) is 4.21. The maximum atomic E-state index is 12.2. The molecule has 0 aromatic heterocycles. The molecule has 1 atom stereocenters. The van der Waals surface area contributed by atoms with Crippen molar-refractivity contribution in [2.24, 2.45) is 0 Å². The molecule has 0 saturated heterocycles. The number of hydrogen-bond acceptors (Lipinski definition) is 3. The molecule has 2 aromatic rings. The Labute approximate surface area is 176 Å². The zero-order valence-corrected chi connectivity index (χ0v) is 18.2. The van der Waals surface area contributed by atoms with E-state index in [1.165, 1.54) is 4.31 Å². The van der Waals surface area contributed by atoms with Crippen molar-refractivity contribution in [2.45, 2.75) is 25.7 Å². The molecule has 1 amide bonds. The quantitative estimate of drug-likeness (QED) is 0.623. The minimum atomic E-state index is -3.56. The maximum absolute atomic E-state index is 12.2. The molecule has 0 aliphatic heterocycles. The van der Waals surface area contributed by atoms with E-state index in [0.717, 1.165) is 11.8 Å². The molecular weight excluding hydrogens is 419 g/mol. The molecule has 5 nitrogen and oxygen atoms in total. The molecule has 0 fully saturated rings. The highest BCUT2D eigenvalue weighted by atomic mass is 35.5. The van der Waals surface area contributed by atoms with Gasteiger partial charge < -0.3 is 5.32 Å². The van der Waals surface area contributed by atoms with E-state index in [1.54, 1.807) is 18.2 Å². The zero-order chi connectivity index (χ0) is 20.7. The third kappa shape index (κ3) is 6.40. The van der Waals surface area contributed by atoms with E-state index in [-0.39, 0.29) is 34.8 Å². The number of benzene rings is 2. The van der Waals surface area contributed by atoms with E-state index >= 15 is 0 Å². The molecule has 1 unspecified atom stereocenters. The van der Waals surface area contributed by atoms with Crippen LogP contribution < -0.4 is 9.62 Å². The van der Waals surface area contributed by atoms with Crippen LogP contribution in [0.1, 0.15) is 31.2 Å². The highest BCUT2D eigenvalue weighted by Crippen LogP contribution is 2.33. The monoisotopic (exact) mass is 442 g/mol. The number of anilines is 1. The second-order valence-corrected chi connectivity index (χ2v) is 9.32. The van der Waals surface area contributed by atoms with Crippen molar-refractivity contribution in [1.29, 1.82) is 0 Å². The van der Waals surface area contributed by atoms with Gasteiger partial charge in [-0.2, -0.15) is 0 Å². The normalized spacial score (nSPS) is 12.4. The highest BCUT2D eigenvalue weighted by Gasteiger charge is 2.21. The van der Waals surface area contributed by atoms with Gasteiger partial charge in [-0.1, -0.05) is 66.5 Å². The molecule has 0 bridgehead atoms. The third-order valence-electron chi connectivity index (χ3n) is 4.34. The summed E-state index contributed by atoms with van der Waals surface area (Å²) in [5.74, 6) is 0.0800. The predicted octanol–water partition coefficient (Wildman–Crippen LogP) is 4.46. The number of amides is 1. The van der Waals surface area contributed by atoms with Crippen LogP contribution in [0.15, 0.2) is 48.5 Å². The lowest BCUT2D eigenvalue weighted by Crippen LogP contribution is -2.33. The molecule has 0 radical (unpaired) electrons. The zero-order valence-electron chi connectivity index (χ0n) is 15.9. The number of rotatable bonds is 9. The van der Waals surface area contributed by atoms with Crippen molar-refractivity contribution >= 4 is 44.8 Å². The fourth-order valence-electron chi connectivity index (χ4n) is 2.79. The molecule has 0 saturated carbocycles. The van der Waals surface area contributed by atoms with Crippen LogP contribution in [0, 0.1) is 0 Å². The molecular formula is C20H24Cl2N2O3S. The van der Waals surface area contributed by atoms with Gasteiger partial charge >= 0.3 is 0 Å². The summed E-state index contributed by atoms with van der Waals surface area (Å²) in [5, 5.41) is 3.35. The molecule has 2 rings (SSSR count). The summed E-state index contributed by atoms with van der Waals surface area (Å²) in [6, 6.07) is 14.8. The Hall–Kier alpha value is -1.76. The van der Waals surface area contributed by atoms with E-state index in [1.807, 2.05) is 37.3 Å². The van der Waals surface area contributed by atoms with Crippen molar-refractivity contribution < 1.29 is 13.2 Å². The van der Waals surface area contributed by atoms with E-state index < -0.39 is 10.0 Å². The van der Waals surface area contributed by atoms with Gasteiger partial charge in [0.1, 0.15) is 0 Å². The summed E-state index contributed by atoms with van der Waals surface area (Å²) in [4.78, 5) is 12.1. The number of nitrogens with one attached hydrogen (secondary N) is 1. The van der Waals surface area contributed by atoms with Gasteiger partial charge in [-0.3, -0.25) is 9.10 Å². The number of sulfonamides is 1. The Bertz CT molecular complexity index is 905. The minimum Gasteiger partial charge on any atom is -0.356 e. The smallest absolute Gasteiger partial charge is 0.232 e. The Morgan fingerprint density at radius 2 is 1.79 bits per heavy atom. The summed E-state index contributed by atoms with van der Waals surface area (Å²) in [7, 11) is -3.56. The summed E-state index contributed by atoms with van der Waals surface area (Å²) in [6.07, 6.45) is 1.68. The molecule has 2 aromatic carbocycles. The molecule has 0 heterocycles. The molecule has 0 spiro atoms. The highest BCUT2D eigenvalue weighted by molar-refractivity contribution is 7.92. The molecule has 152 valence electrons. The lowest BCUT2D eigenvalue weighted by molar-refractivity contribution is -0.121. The molecule has 1 N–H and O–H groups in total. The van der Waals surface area contributed by atoms with Crippen LogP contribution in [0.2, 0.25) is 10.0 Å². The van der Waals surface area contributed by atoms with Crippen molar-refractivity contribution in [3.8, 4) is 0 Å². The first-order valence-electron chi connectivity index (χ1n) is 8.93. The number of hydrogen-bond donors (Lipinski definition) is 1. The predicted molar refractivity (Wildman–Crippen MR) is 116 cm³/mol. The lowest BCUT2D eigenvalue weighted by atomic mass is 10.0. The van der Waals surface area contributed by atoms with E-state index in [4.69, 9.17) is 23.2 Å². The van der Waals surface area contributed by atoms with E-state index in [9.17, 15) is 13.2 Å². The van der Waals surface area contributed by atoms with Gasteiger partial charge in [0.2, 0.25) is 15.9 Å². The molecule has 0 aliphatic carbocycles.